The molecular formula is C36H38N2O8. The SMILES string of the molecule is CCN1c2ccc(-c3c(OC)cc(C(=O)OC)cc3OC)cc2N(CC)c2ccc(-c3c(OC)cc(C(=O)OC)cc3OC)cc21. The monoisotopic (exact) mass is 626 g/mol. The van der Waals surface area contributed by atoms with Crippen LogP contribution in [0, 0.1) is 0 Å². The Hall–Kier alpha value is -5.38. The molecule has 0 unspecified atom stereocenters. The van der Waals surface area contributed by atoms with Gasteiger partial charge in [-0.2, -0.15) is 0 Å². The molecule has 4 aromatic carbocycles. The number of rotatable bonds is 10. The molecule has 240 valence electrons. The van der Waals surface area contributed by atoms with Crippen LogP contribution >= 0.6 is 0 Å². The molecule has 0 aromatic heterocycles. The fourth-order valence-electron chi connectivity index (χ4n) is 6.05. The average molecular weight is 627 g/mol. The molecule has 0 fully saturated rings. The molecule has 0 saturated carbocycles. The zero-order chi connectivity index (χ0) is 33.1. The second kappa shape index (κ2) is 13.3. The van der Waals surface area contributed by atoms with Gasteiger partial charge in [0.05, 0.1) is 87.7 Å². The molecule has 10 nitrogen and oxygen atoms in total. The van der Waals surface area contributed by atoms with Gasteiger partial charge >= 0.3 is 11.9 Å². The van der Waals surface area contributed by atoms with Crippen molar-refractivity contribution in [3.8, 4) is 45.3 Å². The van der Waals surface area contributed by atoms with Crippen molar-refractivity contribution in [1.82, 2.24) is 0 Å². The van der Waals surface area contributed by atoms with Crippen LogP contribution in [-0.4, -0.2) is 67.7 Å². The van der Waals surface area contributed by atoms with E-state index in [9.17, 15) is 9.59 Å². The van der Waals surface area contributed by atoms with Crippen LogP contribution in [0.4, 0.5) is 22.7 Å². The molecule has 0 N–H and O–H groups in total. The van der Waals surface area contributed by atoms with Crippen LogP contribution in [0.2, 0.25) is 0 Å². The first-order valence-corrected chi connectivity index (χ1v) is 14.8. The molecule has 0 radical (unpaired) electrons. The van der Waals surface area contributed by atoms with Crippen LogP contribution in [0.5, 0.6) is 23.0 Å². The summed E-state index contributed by atoms with van der Waals surface area (Å²) in [5, 5.41) is 0. The van der Waals surface area contributed by atoms with Crippen LogP contribution in [0.25, 0.3) is 22.3 Å². The Labute approximate surface area is 269 Å². The standard InChI is InChI=1S/C36H38N2O8/c1-9-37-25-13-11-22(34-31(43-5)19-24(36(40)46-8)20-32(34)44-6)16-28(25)38(10-2)26-14-12-21(15-27(26)37)33-29(41-3)17-23(35(39)45-7)18-30(33)42-4/h11-20H,9-10H2,1-8H3. The first kappa shape index (κ1) is 32.0. The van der Waals surface area contributed by atoms with Gasteiger partial charge in [-0.3, -0.25) is 0 Å². The van der Waals surface area contributed by atoms with E-state index in [1.54, 1.807) is 52.7 Å². The Morgan fingerprint density at radius 1 is 0.500 bits per heavy atom. The lowest BCUT2D eigenvalue weighted by Gasteiger charge is -2.40. The second-order valence-corrected chi connectivity index (χ2v) is 10.4. The van der Waals surface area contributed by atoms with E-state index in [1.165, 1.54) is 14.2 Å². The molecule has 0 aliphatic carbocycles. The van der Waals surface area contributed by atoms with Crippen molar-refractivity contribution >= 4 is 34.7 Å². The van der Waals surface area contributed by atoms with Gasteiger partial charge in [0.1, 0.15) is 23.0 Å². The van der Waals surface area contributed by atoms with Gasteiger partial charge in [-0.05, 0) is 73.5 Å². The molecular weight excluding hydrogens is 588 g/mol. The van der Waals surface area contributed by atoms with Crippen LogP contribution in [0.15, 0.2) is 60.7 Å². The van der Waals surface area contributed by atoms with Crippen molar-refractivity contribution in [1.29, 1.82) is 0 Å². The minimum atomic E-state index is -0.477. The number of nitrogens with zero attached hydrogens (tertiary/aromatic N) is 2. The van der Waals surface area contributed by atoms with Gasteiger partial charge in [0.2, 0.25) is 0 Å². The molecule has 1 aliphatic heterocycles. The Balaban J connectivity index is 1.66. The lowest BCUT2D eigenvalue weighted by Crippen LogP contribution is -2.29. The number of hydrogen-bond acceptors (Lipinski definition) is 10. The molecule has 1 aliphatic rings. The van der Waals surface area contributed by atoms with Gasteiger partial charge in [0.25, 0.3) is 0 Å². The van der Waals surface area contributed by atoms with Crippen molar-refractivity contribution in [2.75, 3.05) is 65.5 Å². The maximum absolute atomic E-state index is 12.3. The number of benzene rings is 4. The fourth-order valence-corrected chi connectivity index (χ4v) is 6.05. The largest absolute Gasteiger partial charge is 0.496 e. The number of methoxy groups -OCH3 is 6. The third-order valence-electron chi connectivity index (χ3n) is 8.18. The van der Waals surface area contributed by atoms with E-state index in [0.717, 1.165) is 45.0 Å². The summed E-state index contributed by atoms with van der Waals surface area (Å²) in [6.07, 6.45) is 0. The number of carbonyl (C=O) groups is 2. The number of anilines is 4. The van der Waals surface area contributed by atoms with E-state index in [1.807, 2.05) is 12.1 Å². The predicted octanol–water partition coefficient (Wildman–Crippen LogP) is 7.26. The Bertz CT molecular complexity index is 1620. The Kier molecular flexibility index (Phi) is 9.27. The van der Waals surface area contributed by atoms with Gasteiger partial charge < -0.3 is 38.2 Å². The molecule has 10 heteroatoms. The minimum Gasteiger partial charge on any atom is -0.496 e. The molecule has 0 atom stereocenters. The number of hydrogen-bond donors (Lipinski definition) is 0. The molecule has 0 spiro atoms. The summed E-state index contributed by atoms with van der Waals surface area (Å²) in [7, 11) is 8.94. The topological polar surface area (TPSA) is 96.0 Å². The summed E-state index contributed by atoms with van der Waals surface area (Å²) in [5.74, 6) is 1.04. The molecule has 5 rings (SSSR count). The summed E-state index contributed by atoms with van der Waals surface area (Å²) in [4.78, 5) is 29.2. The third-order valence-corrected chi connectivity index (χ3v) is 8.18. The highest BCUT2D eigenvalue weighted by molar-refractivity contribution is 5.99. The lowest BCUT2D eigenvalue weighted by atomic mass is 9.96. The first-order chi connectivity index (χ1) is 22.3. The summed E-state index contributed by atoms with van der Waals surface area (Å²) in [6.45, 7) is 5.63. The third kappa shape index (κ3) is 5.40. The van der Waals surface area contributed by atoms with Crippen molar-refractivity contribution < 1.29 is 38.0 Å². The Morgan fingerprint density at radius 3 is 1.09 bits per heavy atom. The van der Waals surface area contributed by atoms with Crippen LogP contribution in [0.3, 0.4) is 0 Å². The fraction of sp³-hybridized carbons (Fsp3) is 0.278. The predicted molar refractivity (Wildman–Crippen MR) is 178 cm³/mol. The second-order valence-electron chi connectivity index (χ2n) is 10.4. The molecule has 1 heterocycles. The summed E-state index contributed by atoms with van der Waals surface area (Å²) in [6, 6.07) is 19.1. The maximum atomic E-state index is 12.3. The van der Waals surface area contributed by atoms with E-state index in [2.05, 4.69) is 47.9 Å². The van der Waals surface area contributed by atoms with Gasteiger partial charge in [-0.1, -0.05) is 12.1 Å². The highest BCUT2D eigenvalue weighted by Gasteiger charge is 2.30. The lowest BCUT2D eigenvalue weighted by molar-refractivity contribution is 0.0591. The smallest absolute Gasteiger partial charge is 0.338 e. The molecule has 0 amide bonds. The highest BCUT2D eigenvalue weighted by atomic mass is 16.5. The summed E-state index contributed by atoms with van der Waals surface area (Å²) in [5.41, 5.74) is 7.97. The van der Waals surface area contributed by atoms with Gasteiger partial charge in [0, 0.05) is 13.1 Å². The van der Waals surface area contributed by atoms with E-state index in [4.69, 9.17) is 28.4 Å². The molecule has 4 aromatic rings. The average Bonchev–Trinajstić information content (AvgIpc) is 3.11. The van der Waals surface area contributed by atoms with Crippen molar-refractivity contribution in [2.45, 2.75) is 13.8 Å². The van der Waals surface area contributed by atoms with Crippen molar-refractivity contribution in [3.63, 3.8) is 0 Å². The van der Waals surface area contributed by atoms with Crippen LogP contribution < -0.4 is 28.7 Å². The number of fused-ring (bicyclic) bond motifs is 2. The number of carbonyl (C=O) groups excluding carboxylic acids is 2. The quantitative estimate of drug-likeness (QED) is 0.167. The number of esters is 2. The summed E-state index contributed by atoms with van der Waals surface area (Å²) < 4.78 is 32.8. The van der Waals surface area contributed by atoms with Crippen LogP contribution in [-0.2, 0) is 9.47 Å². The van der Waals surface area contributed by atoms with Gasteiger partial charge in [-0.15, -0.1) is 0 Å². The molecule has 0 bridgehead atoms. The van der Waals surface area contributed by atoms with E-state index in [-0.39, 0.29) is 0 Å². The van der Waals surface area contributed by atoms with E-state index >= 15 is 0 Å². The zero-order valence-electron chi connectivity index (χ0n) is 27.3. The van der Waals surface area contributed by atoms with E-state index < -0.39 is 11.9 Å². The molecule has 46 heavy (non-hydrogen) atoms. The van der Waals surface area contributed by atoms with Crippen molar-refractivity contribution in [3.05, 3.63) is 71.8 Å². The maximum Gasteiger partial charge on any atom is 0.338 e. The highest BCUT2D eigenvalue weighted by Crippen LogP contribution is 2.52. The zero-order valence-corrected chi connectivity index (χ0v) is 27.3. The van der Waals surface area contributed by atoms with Crippen LogP contribution in [0.1, 0.15) is 34.6 Å². The first-order valence-electron chi connectivity index (χ1n) is 14.8. The summed E-state index contributed by atoms with van der Waals surface area (Å²) >= 11 is 0. The van der Waals surface area contributed by atoms with E-state index in [0.29, 0.717) is 47.2 Å². The minimum absolute atomic E-state index is 0.336. The normalized spacial score (nSPS) is 11.7. The Morgan fingerprint density at radius 2 is 0.826 bits per heavy atom. The molecule has 0 saturated heterocycles. The van der Waals surface area contributed by atoms with Gasteiger partial charge in [-0.25, -0.2) is 9.59 Å². The van der Waals surface area contributed by atoms with Crippen molar-refractivity contribution in [2.24, 2.45) is 0 Å². The number of ether oxygens (including phenoxy) is 6. The van der Waals surface area contributed by atoms with Gasteiger partial charge in [0.15, 0.2) is 0 Å².